The molecule has 1 rings (SSSR count). The van der Waals surface area contributed by atoms with Gasteiger partial charge in [0.05, 0.1) is 13.2 Å². The Morgan fingerprint density at radius 1 is 1.10 bits per heavy atom. The summed E-state index contributed by atoms with van der Waals surface area (Å²) in [6.45, 7) is 9.52. The summed E-state index contributed by atoms with van der Waals surface area (Å²) >= 11 is 3.57. The van der Waals surface area contributed by atoms with Gasteiger partial charge in [-0.15, -0.1) is 0 Å². The lowest BCUT2D eigenvalue weighted by atomic mass is 10.1. The topological polar surface area (TPSA) is 47.7 Å². The van der Waals surface area contributed by atoms with Gasteiger partial charge in [0.2, 0.25) is 0 Å². The van der Waals surface area contributed by atoms with Gasteiger partial charge in [-0.1, -0.05) is 22.0 Å². The Hall–Kier alpha value is -0.620. The summed E-state index contributed by atoms with van der Waals surface area (Å²) < 4.78 is 11.9. The maximum absolute atomic E-state index is 6.06. The minimum absolute atomic E-state index is 0.729. The summed E-state index contributed by atoms with van der Waals surface area (Å²) in [6.07, 6.45) is 0. The van der Waals surface area contributed by atoms with Gasteiger partial charge in [-0.2, -0.15) is 0 Å². The van der Waals surface area contributed by atoms with Crippen molar-refractivity contribution in [3.63, 3.8) is 0 Å². The summed E-state index contributed by atoms with van der Waals surface area (Å²) in [4.78, 5) is 2.31. The number of benzene rings is 1. The fourth-order valence-corrected chi connectivity index (χ4v) is 2.42. The number of nitrogens with zero attached hydrogens (tertiary/aromatic N) is 1. The van der Waals surface area contributed by atoms with E-state index >= 15 is 0 Å². The van der Waals surface area contributed by atoms with Crippen LogP contribution in [0.3, 0.4) is 0 Å². The first-order valence-electron chi connectivity index (χ1n) is 7.09. The second kappa shape index (κ2) is 10.2. The standard InChI is InChI=1S/C15H25BrN2O2/c1-3-19-10-8-18(9-11-20-4-2)12-13-14(16)6-5-7-15(13)17/h5-7H,3-4,8-12,17H2,1-2H3. The molecule has 5 heteroatoms. The van der Waals surface area contributed by atoms with Crippen molar-refractivity contribution in [2.75, 3.05) is 45.3 Å². The van der Waals surface area contributed by atoms with Gasteiger partial charge >= 0.3 is 0 Å². The van der Waals surface area contributed by atoms with Crippen molar-refractivity contribution < 1.29 is 9.47 Å². The monoisotopic (exact) mass is 344 g/mol. The van der Waals surface area contributed by atoms with Crippen LogP contribution in [0.15, 0.2) is 22.7 Å². The number of rotatable bonds is 10. The van der Waals surface area contributed by atoms with Crippen LogP contribution >= 0.6 is 15.9 Å². The van der Waals surface area contributed by atoms with E-state index in [1.54, 1.807) is 0 Å². The van der Waals surface area contributed by atoms with Crippen molar-refractivity contribution in [1.29, 1.82) is 0 Å². The molecule has 2 N–H and O–H groups in total. The molecule has 0 unspecified atom stereocenters. The van der Waals surface area contributed by atoms with Crippen LogP contribution in [0.2, 0.25) is 0 Å². The van der Waals surface area contributed by atoms with Crippen molar-refractivity contribution in [2.45, 2.75) is 20.4 Å². The van der Waals surface area contributed by atoms with Crippen molar-refractivity contribution in [3.05, 3.63) is 28.2 Å². The first kappa shape index (κ1) is 17.4. The predicted octanol–water partition coefficient (Wildman–Crippen LogP) is 2.91. The zero-order valence-electron chi connectivity index (χ0n) is 12.4. The van der Waals surface area contributed by atoms with Gasteiger partial charge in [-0.25, -0.2) is 0 Å². The third-order valence-corrected chi connectivity index (χ3v) is 3.79. The average molecular weight is 345 g/mol. The van der Waals surface area contributed by atoms with Crippen LogP contribution in [-0.2, 0) is 16.0 Å². The molecule has 114 valence electrons. The van der Waals surface area contributed by atoms with E-state index in [0.29, 0.717) is 0 Å². The average Bonchev–Trinajstić information content (AvgIpc) is 2.43. The molecule has 0 amide bonds. The van der Waals surface area contributed by atoms with Crippen LogP contribution in [0.5, 0.6) is 0 Å². The second-order valence-corrected chi connectivity index (χ2v) is 5.33. The normalized spacial score (nSPS) is 11.2. The van der Waals surface area contributed by atoms with E-state index in [2.05, 4.69) is 20.8 Å². The van der Waals surface area contributed by atoms with Gasteiger partial charge in [0.1, 0.15) is 0 Å². The highest BCUT2D eigenvalue weighted by Gasteiger charge is 2.11. The lowest BCUT2D eigenvalue weighted by molar-refractivity contribution is 0.0798. The number of ether oxygens (including phenoxy) is 2. The highest BCUT2D eigenvalue weighted by molar-refractivity contribution is 9.10. The molecule has 0 saturated heterocycles. The summed E-state index contributed by atoms with van der Waals surface area (Å²) in [6, 6.07) is 5.91. The van der Waals surface area contributed by atoms with Crippen molar-refractivity contribution in [2.24, 2.45) is 0 Å². The Balaban J connectivity index is 2.61. The molecule has 4 nitrogen and oxygen atoms in total. The summed E-state index contributed by atoms with van der Waals surface area (Å²) in [7, 11) is 0. The summed E-state index contributed by atoms with van der Waals surface area (Å²) in [5.74, 6) is 0. The van der Waals surface area contributed by atoms with E-state index in [4.69, 9.17) is 15.2 Å². The van der Waals surface area contributed by atoms with Gasteiger partial charge in [-0.3, -0.25) is 4.90 Å². The third kappa shape index (κ3) is 6.22. The molecule has 0 aromatic heterocycles. The number of halogens is 1. The van der Waals surface area contributed by atoms with E-state index in [1.165, 1.54) is 0 Å². The zero-order valence-corrected chi connectivity index (χ0v) is 14.0. The fraction of sp³-hybridized carbons (Fsp3) is 0.600. The number of hydrogen-bond acceptors (Lipinski definition) is 4. The smallest absolute Gasteiger partial charge is 0.0593 e. The Kier molecular flexibility index (Phi) is 8.85. The van der Waals surface area contributed by atoms with E-state index in [0.717, 1.165) is 61.8 Å². The molecule has 0 heterocycles. The van der Waals surface area contributed by atoms with Crippen LogP contribution in [0.4, 0.5) is 5.69 Å². The van der Waals surface area contributed by atoms with E-state index in [1.807, 2.05) is 32.0 Å². The summed E-state index contributed by atoms with van der Waals surface area (Å²) in [5.41, 5.74) is 8.00. The van der Waals surface area contributed by atoms with Crippen molar-refractivity contribution in [3.8, 4) is 0 Å². The van der Waals surface area contributed by atoms with E-state index < -0.39 is 0 Å². The van der Waals surface area contributed by atoms with E-state index in [9.17, 15) is 0 Å². The first-order valence-corrected chi connectivity index (χ1v) is 7.89. The molecule has 1 aromatic rings. The minimum atomic E-state index is 0.729. The van der Waals surface area contributed by atoms with Crippen LogP contribution in [0, 0.1) is 0 Å². The largest absolute Gasteiger partial charge is 0.398 e. The molecule has 0 aliphatic heterocycles. The Labute approximate surface area is 130 Å². The van der Waals surface area contributed by atoms with Crippen LogP contribution < -0.4 is 5.73 Å². The maximum Gasteiger partial charge on any atom is 0.0593 e. The highest BCUT2D eigenvalue weighted by Crippen LogP contribution is 2.23. The van der Waals surface area contributed by atoms with Gasteiger partial charge in [-0.05, 0) is 26.0 Å². The molecular weight excluding hydrogens is 320 g/mol. The predicted molar refractivity (Wildman–Crippen MR) is 86.8 cm³/mol. The maximum atomic E-state index is 6.06. The number of nitrogens with two attached hydrogens (primary N) is 1. The molecule has 0 aliphatic rings. The highest BCUT2D eigenvalue weighted by atomic mass is 79.9. The molecule has 1 aromatic carbocycles. The quantitative estimate of drug-likeness (QED) is 0.523. The van der Waals surface area contributed by atoms with Crippen molar-refractivity contribution >= 4 is 21.6 Å². The molecule has 20 heavy (non-hydrogen) atoms. The van der Waals surface area contributed by atoms with Crippen molar-refractivity contribution in [1.82, 2.24) is 4.90 Å². The number of nitrogen functional groups attached to an aromatic ring is 1. The lowest BCUT2D eigenvalue weighted by Crippen LogP contribution is -2.31. The van der Waals surface area contributed by atoms with Crippen LogP contribution in [0.1, 0.15) is 19.4 Å². The lowest BCUT2D eigenvalue weighted by Gasteiger charge is -2.23. The summed E-state index contributed by atoms with van der Waals surface area (Å²) in [5, 5.41) is 0. The fourth-order valence-electron chi connectivity index (χ4n) is 1.91. The minimum Gasteiger partial charge on any atom is -0.398 e. The molecule has 0 spiro atoms. The molecule has 0 saturated carbocycles. The zero-order chi connectivity index (χ0) is 14.8. The van der Waals surface area contributed by atoms with Crippen LogP contribution in [-0.4, -0.2) is 44.4 Å². The Bertz CT molecular complexity index is 358. The first-order chi connectivity index (χ1) is 9.69. The third-order valence-electron chi connectivity index (χ3n) is 3.05. The second-order valence-electron chi connectivity index (χ2n) is 4.48. The Morgan fingerprint density at radius 3 is 2.20 bits per heavy atom. The number of hydrogen-bond donors (Lipinski definition) is 1. The molecule has 0 bridgehead atoms. The molecule has 0 atom stereocenters. The van der Waals surface area contributed by atoms with Crippen LogP contribution in [0.25, 0.3) is 0 Å². The number of anilines is 1. The molecule has 0 aliphatic carbocycles. The van der Waals surface area contributed by atoms with E-state index in [-0.39, 0.29) is 0 Å². The molecule has 0 fully saturated rings. The van der Waals surface area contributed by atoms with Gasteiger partial charge < -0.3 is 15.2 Å². The van der Waals surface area contributed by atoms with Gasteiger partial charge in [0, 0.05) is 48.6 Å². The molecule has 0 radical (unpaired) electrons. The Morgan fingerprint density at radius 2 is 1.70 bits per heavy atom. The molecular formula is C15H25BrN2O2. The SMILES string of the molecule is CCOCCN(CCOCC)Cc1c(N)cccc1Br. The van der Waals surface area contributed by atoms with Gasteiger partial charge in [0.15, 0.2) is 0 Å². The van der Waals surface area contributed by atoms with Gasteiger partial charge in [0.25, 0.3) is 0 Å².